The Bertz CT molecular complexity index is 530. The van der Waals surface area contributed by atoms with Gasteiger partial charge in [0.2, 0.25) is 0 Å². The van der Waals surface area contributed by atoms with E-state index in [4.69, 9.17) is 0 Å². The summed E-state index contributed by atoms with van der Waals surface area (Å²) in [6.45, 7) is 7.06. The van der Waals surface area contributed by atoms with E-state index in [1.165, 1.54) is 16.7 Å². The van der Waals surface area contributed by atoms with Crippen LogP contribution in [0.3, 0.4) is 0 Å². The normalized spacial score (nSPS) is 11.9. The van der Waals surface area contributed by atoms with Gasteiger partial charge in [0, 0.05) is 0 Å². The second-order valence-electron chi connectivity index (χ2n) is 6.10. The maximum atomic E-state index is 2.39. The predicted molar refractivity (Wildman–Crippen MR) is 88.1 cm³/mol. The minimum absolute atomic E-state index is 1.01. The summed E-state index contributed by atoms with van der Waals surface area (Å²) in [6, 6.07) is 19.5. The van der Waals surface area contributed by atoms with Crippen LogP contribution in [0.15, 0.2) is 60.3 Å². The first-order valence-electron chi connectivity index (χ1n) is 6.85. The largest absolute Gasteiger partial charge is 0.0944 e. The SMILES string of the molecule is C[Si](C)(C)/C=C/c1ccc(Cc2ccccc2)cc1. The Balaban J connectivity index is 2.05. The Morgan fingerprint density at radius 1 is 0.789 bits per heavy atom. The van der Waals surface area contributed by atoms with Crippen LogP contribution in [0.4, 0.5) is 0 Å². The van der Waals surface area contributed by atoms with E-state index in [2.05, 4.69) is 86.0 Å². The van der Waals surface area contributed by atoms with Gasteiger partial charge < -0.3 is 0 Å². The highest BCUT2D eigenvalue weighted by Crippen LogP contribution is 2.13. The van der Waals surface area contributed by atoms with Crippen LogP contribution >= 0.6 is 0 Å². The van der Waals surface area contributed by atoms with Crippen LogP contribution in [0, 0.1) is 0 Å². The van der Waals surface area contributed by atoms with Crippen molar-refractivity contribution in [3.8, 4) is 0 Å². The summed E-state index contributed by atoms with van der Waals surface area (Å²) >= 11 is 0. The molecule has 0 fully saturated rings. The van der Waals surface area contributed by atoms with Gasteiger partial charge in [-0.25, -0.2) is 0 Å². The average Bonchev–Trinajstić information content (AvgIpc) is 2.38. The van der Waals surface area contributed by atoms with Gasteiger partial charge in [-0.2, -0.15) is 0 Å². The van der Waals surface area contributed by atoms with Gasteiger partial charge in [0.25, 0.3) is 0 Å². The fourth-order valence-electron chi connectivity index (χ4n) is 1.92. The quantitative estimate of drug-likeness (QED) is 0.670. The second-order valence-corrected chi connectivity index (χ2v) is 11.2. The van der Waals surface area contributed by atoms with Gasteiger partial charge >= 0.3 is 0 Å². The first-order valence-corrected chi connectivity index (χ1v) is 10.4. The molecular formula is C18H22Si. The molecule has 0 aliphatic carbocycles. The highest BCUT2D eigenvalue weighted by Gasteiger charge is 2.06. The molecule has 0 spiro atoms. The Morgan fingerprint density at radius 2 is 1.37 bits per heavy atom. The van der Waals surface area contributed by atoms with Crippen molar-refractivity contribution in [2.75, 3.05) is 0 Å². The summed E-state index contributed by atoms with van der Waals surface area (Å²) in [7, 11) is -1.10. The zero-order valence-corrected chi connectivity index (χ0v) is 13.1. The first-order chi connectivity index (χ1) is 9.03. The van der Waals surface area contributed by atoms with Gasteiger partial charge in [-0.3, -0.25) is 0 Å². The highest BCUT2D eigenvalue weighted by atomic mass is 28.3. The molecule has 0 nitrogen and oxygen atoms in total. The highest BCUT2D eigenvalue weighted by molar-refractivity contribution is 6.81. The van der Waals surface area contributed by atoms with Crippen LogP contribution in [0.2, 0.25) is 19.6 Å². The van der Waals surface area contributed by atoms with Crippen LogP contribution in [0.1, 0.15) is 16.7 Å². The Hall–Kier alpha value is -1.60. The van der Waals surface area contributed by atoms with Crippen molar-refractivity contribution in [2.24, 2.45) is 0 Å². The molecule has 0 heterocycles. The summed E-state index contributed by atoms with van der Waals surface area (Å²) in [5, 5.41) is 0. The third-order valence-electron chi connectivity index (χ3n) is 3.01. The van der Waals surface area contributed by atoms with E-state index >= 15 is 0 Å². The maximum Gasteiger partial charge on any atom is 0.0687 e. The van der Waals surface area contributed by atoms with Crippen molar-refractivity contribution in [3.05, 3.63) is 77.0 Å². The van der Waals surface area contributed by atoms with Gasteiger partial charge in [-0.05, 0) is 23.1 Å². The number of hydrogen-bond acceptors (Lipinski definition) is 0. The molecule has 1 heteroatoms. The molecule has 0 aliphatic rings. The Labute approximate surface area is 117 Å². The monoisotopic (exact) mass is 266 g/mol. The Morgan fingerprint density at radius 3 is 1.95 bits per heavy atom. The lowest BCUT2D eigenvalue weighted by Gasteiger charge is -2.08. The smallest absolute Gasteiger partial charge is 0.0687 e. The minimum atomic E-state index is -1.10. The molecule has 0 radical (unpaired) electrons. The summed E-state index contributed by atoms with van der Waals surface area (Å²) in [5.74, 6) is 0. The standard InChI is InChI=1S/C18H22Si/c1-19(2,3)14-13-16-9-11-18(12-10-16)15-17-7-5-4-6-8-17/h4-14H,15H2,1-3H3/b14-13+. The minimum Gasteiger partial charge on any atom is -0.0944 e. The lowest BCUT2D eigenvalue weighted by Crippen LogP contribution is -2.15. The molecule has 98 valence electrons. The summed E-state index contributed by atoms with van der Waals surface area (Å²) in [4.78, 5) is 0. The van der Waals surface area contributed by atoms with Crippen molar-refractivity contribution >= 4 is 14.1 Å². The van der Waals surface area contributed by atoms with Crippen molar-refractivity contribution in [1.82, 2.24) is 0 Å². The molecule has 0 aromatic heterocycles. The van der Waals surface area contributed by atoms with Crippen LogP contribution in [0.25, 0.3) is 6.08 Å². The second kappa shape index (κ2) is 6.03. The molecule has 19 heavy (non-hydrogen) atoms. The van der Waals surface area contributed by atoms with E-state index in [0.29, 0.717) is 0 Å². The first kappa shape index (κ1) is 13.8. The zero-order valence-electron chi connectivity index (χ0n) is 12.1. The molecule has 2 rings (SSSR count). The Kier molecular flexibility index (Phi) is 4.38. The lowest BCUT2D eigenvalue weighted by atomic mass is 10.0. The van der Waals surface area contributed by atoms with Crippen molar-refractivity contribution < 1.29 is 0 Å². The molecule has 0 N–H and O–H groups in total. The molecule has 2 aromatic rings. The van der Waals surface area contributed by atoms with Crippen molar-refractivity contribution in [1.29, 1.82) is 0 Å². The predicted octanol–water partition coefficient (Wildman–Crippen LogP) is 5.17. The molecule has 0 atom stereocenters. The molecule has 0 unspecified atom stereocenters. The molecule has 0 saturated heterocycles. The van der Waals surface area contributed by atoms with E-state index in [0.717, 1.165) is 6.42 Å². The van der Waals surface area contributed by atoms with Crippen molar-refractivity contribution in [3.63, 3.8) is 0 Å². The van der Waals surface area contributed by atoms with Crippen LogP contribution in [0.5, 0.6) is 0 Å². The van der Waals surface area contributed by atoms with Crippen LogP contribution in [-0.4, -0.2) is 8.07 Å². The van der Waals surface area contributed by atoms with Crippen LogP contribution in [-0.2, 0) is 6.42 Å². The fraction of sp³-hybridized carbons (Fsp3) is 0.222. The van der Waals surface area contributed by atoms with Crippen molar-refractivity contribution in [2.45, 2.75) is 26.1 Å². The van der Waals surface area contributed by atoms with Crippen LogP contribution < -0.4 is 0 Å². The molecule has 0 saturated carbocycles. The fourth-order valence-corrected chi connectivity index (χ4v) is 2.62. The number of benzene rings is 2. The van der Waals surface area contributed by atoms with E-state index in [9.17, 15) is 0 Å². The van der Waals surface area contributed by atoms with E-state index < -0.39 is 8.07 Å². The van der Waals surface area contributed by atoms with Gasteiger partial charge in [-0.15, -0.1) is 0 Å². The third kappa shape index (κ3) is 4.88. The molecule has 2 aromatic carbocycles. The summed E-state index contributed by atoms with van der Waals surface area (Å²) in [5.41, 5.74) is 6.43. The lowest BCUT2D eigenvalue weighted by molar-refractivity contribution is 1.19. The van der Waals surface area contributed by atoms with E-state index in [1.54, 1.807) is 0 Å². The molecule has 0 amide bonds. The summed E-state index contributed by atoms with van der Waals surface area (Å²) in [6.07, 6.45) is 3.28. The van der Waals surface area contributed by atoms with Gasteiger partial charge in [-0.1, -0.05) is 86.0 Å². The number of rotatable bonds is 4. The summed E-state index contributed by atoms with van der Waals surface area (Å²) < 4.78 is 0. The maximum absolute atomic E-state index is 2.39. The number of hydrogen-bond donors (Lipinski definition) is 0. The van der Waals surface area contributed by atoms with E-state index in [1.807, 2.05) is 0 Å². The molecule has 0 aliphatic heterocycles. The molecular weight excluding hydrogens is 244 g/mol. The average molecular weight is 266 g/mol. The van der Waals surface area contributed by atoms with Gasteiger partial charge in [0.05, 0.1) is 8.07 Å². The third-order valence-corrected chi connectivity index (χ3v) is 4.17. The zero-order chi connectivity index (χ0) is 13.7. The van der Waals surface area contributed by atoms with Gasteiger partial charge in [0.1, 0.15) is 0 Å². The molecule has 0 bridgehead atoms. The topological polar surface area (TPSA) is 0 Å². The van der Waals surface area contributed by atoms with Gasteiger partial charge in [0.15, 0.2) is 0 Å². The van der Waals surface area contributed by atoms with E-state index in [-0.39, 0.29) is 0 Å².